The van der Waals surface area contributed by atoms with Crippen molar-refractivity contribution in [2.75, 3.05) is 19.6 Å². The second-order valence-corrected chi connectivity index (χ2v) is 4.73. The van der Waals surface area contributed by atoms with Crippen LogP contribution >= 0.6 is 0 Å². The molecule has 0 bridgehead atoms. The normalized spacial score (nSPS) is 27.8. The molecule has 2 aliphatic rings. The van der Waals surface area contributed by atoms with Gasteiger partial charge in [-0.25, -0.2) is 0 Å². The number of piperidine rings is 1. The van der Waals surface area contributed by atoms with Gasteiger partial charge in [0.15, 0.2) is 0 Å². The minimum absolute atomic E-state index is 0.825. The van der Waals surface area contributed by atoms with E-state index in [1.165, 1.54) is 58.2 Å². The Morgan fingerprint density at radius 2 is 2.08 bits per heavy atom. The molecule has 0 radical (unpaired) electrons. The van der Waals surface area contributed by atoms with Crippen LogP contribution < -0.4 is 0 Å². The highest BCUT2D eigenvalue weighted by Crippen LogP contribution is 2.51. The third-order valence-corrected chi connectivity index (χ3v) is 3.53. The second-order valence-electron chi connectivity index (χ2n) is 4.73. The molecule has 1 heteroatoms. The maximum Gasteiger partial charge on any atom is 0.00380 e. The molecule has 0 aromatic heterocycles. The number of hydrogen-bond acceptors (Lipinski definition) is 1. The van der Waals surface area contributed by atoms with Crippen LogP contribution in [0.15, 0.2) is 0 Å². The Labute approximate surface area is 76.1 Å². The van der Waals surface area contributed by atoms with Gasteiger partial charge in [-0.3, -0.25) is 0 Å². The van der Waals surface area contributed by atoms with Crippen molar-refractivity contribution < 1.29 is 0 Å². The van der Waals surface area contributed by atoms with Crippen LogP contribution in [0.1, 0.15) is 45.4 Å². The third kappa shape index (κ3) is 1.82. The van der Waals surface area contributed by atoms with E-state index in [0.717, 1.165) is 5.41 Å². The van der Waals surface area contributed by atoms with Crippen LogP contribution in [0.5, 0.6) is 0 Å². The standard InChI is InChI=1S/C11H21N/c1-2-3-8-12-9-4-5-11(10-12)6-7-11/h2-10H2,1H3. The zero-order valence-corrected chi connectivity index (χ0v) is 8.31. The Bertz CT molecular complexity index is 149. The van der Waals surface area contributed by atoms with Crippen molar-refractivity contribution in [2.45, 2.75) is 45.4 Å². The van der Waals surface area contributed by atoms with E-state index >= 15 is 0 Å². The second kappa shape index (κ2) is 3.37. The number of likely N-dealkylation sites (tertiary alicyclic amines) is 1. The molecular weight excluding hydrogens is 146 g/mol. The molecule has 1 saturated carbocycles. The first-order valence-electron chi connectivity index (χ1n) is 5.57. The Balaban J connectivity index is 1.75. The monoisotopic (exact) mass is 167 g/mol. The number of unbranched alkanes of at least 4 members (excludes halogenated alkanes) is 1. The Morgan fingerprint density at radius 1 is 1.25 bits per heavy atom. The largest absolute Gasteiger partial charge is 0.303 e. The first kappa shape index (κ1) is 8.55. The average Bonchev–Trinajstić information content (AvgIpc) is 2.82. The zero-order valence-electron chi connectivity index (χ0n) is 8.31. The van der Waals surface area contributed by atoms with Crippen LogP contribution in [0.4, 0.5) is 0 Å². The fraction of sp³-hybridized carbons (Fsp3) is 1.00. The van der Waals surface area contributed by atoms with E-state index in [1.54, 1.807) is 0 Å². The van der Waals surface area contributed by atoms with Gasteiger partial charge in [-0.15, -0.1) is 0 Å². The molecule has 1 aliphatic heterocycles. The Hall–Kier alpha value is -0.0400. The Kier molecular flexibility index (Phi) is 2.40. The summed E-state index contributed by atoms with van der Waals surface area (Å²) >= 11 is 0. The minimum atomic E-state index is 0.825. The van der Waals surface area contributed by atoms with E-state index in [1.807, 2.05) is 0 Å². The van der Waals surface area contributed by atoms with Gasteiger partial charge in [0.25, 0.3) is 0 Å². The van der Waals surface area contributed by atoms with Crippen molar-refractivity contribution in [3.63, 3.8) is 0 Å². The lowest BCUT2D eigenvalue weighted by Gasteiger charge is -2.32. The van der Waals surface area contributed by atoms with Crippen molar-refractivity contribution in [1.82, 2.24) is 4.90 Å². The molecule has 70 valence electrons. The summed E-state index contributed by atoms with van der Waals surface area (Å²) in [5.41, 5.74) is 0.825. The summed E-state index contributed by atoms with van der Waals surface area (Å²) in [7, 11) is 0. The SMILES string of the molecule is CCCCN1CCCC2(CC2)C1. The molecule has 1 heterocycles. The number of rotatable bonds is 3. The van der Waals surface area contributed by atoms with Crippen LogP contribution in [-0.2, 0) is 0 Å². The quantitative estimate of drug-likeness (QED) is 0.624. The van der Waals surface area contributed by atoms with Crippen molar-refractivity contribution >= 4 is 0 Å². The molecule has 1 aliphatic carbocycles. The van der Waals surface area contributed by atoms with Gasteiger partial charge in [0.05, 0.1) is 0 Å². The van der Waals surface area contributed by atoms with Crippen LogP contribution in [0.25, 0.3) is 0 Å². The highest BCUT2D eigenvalue weighted by Gasteiger charge is 2.44. The highest BCUT2D eigenvalue weighted by molar-refractivity contribution is 4.97. The predicted molar refractivity (Wildman–Crippen MR) is 52.2 cm³/mol. The molecule has 1 nitrogen and oxygen atoms in total. The first-order chi connectivity index (χ1) is 5.85. The summed E-state index contributed by atoms with van der Waals surface area (Å²) in [6.45, 7) is 6.45. The van der Waals surface area contributed by atoms with Crippen molar-refractivity contribution in [3.8, 4) is 0 Å². The lowest BCUT2D eigenvalue weighted by molar-refractivity contribution is 0.159. The maximum absolute atomic E-state index is 2.69. The average molecular weight is 167 g/mol. The molecule has 0 N–H and O–H groups in total. The van der Waals surface area contributed by atoms with E-state index < -0.39 is 0 Å². The fourth-order valence-corrected chi connectivity index (χ4v) is 2.47. The molecule has 2 rings (SSSR count). The third-order valence-electron chi connectivity index (χ3n) is 3.53. The molecule has 12 heavy (non-hydrogen) atoms. The lowest BCUT2D eigenvalue weighted by Crippen LogP contribution is -2.36. The van der Waals surface area contributed by atoms with E-state index in [2.05, 4.69) is 11.8 Å². The van der Waals surface area contributed by atoms with Gasteiger partial charge in [-0.2, -0.15) is 0 Å². The van der Waals surface area contributed by atoms with E-state index in [-0.39, 0.29) is 0 Å². The van der Waals surface area contributed by atoms with E-state index in [9.17, 15) is 0 Å². The van der Waals surface area contributed by atoms with Crippen molar-refractivity contribution in [2.24, 2.45) is 5.41 Å². The van der Waals surface area contributed by atoms with Gasteiger partial charge in [0.2, 0.25) is 0 Å². The summed E-state index contributed by atoms with van der Waals surface area (Å²) in [4.78, 5) is 2.69. The van der Waals surface area contributed by atoms with Gasteiger partial charge in [0, 0.05) is 6.54 Å². The lowest BCUT2D eigenvalue weighted by atomic mass is 9.95. The molecule has 0 unspecified atom stereocenters. The van der Waals surface area contributed by atoms with Gasteiger partial charge in [-0.1, -0.05) is 13.3 Å². The smallest absolute Gasteiger partial charge is 0.00380 e. The summed E-state index contributed by atoms with van der Waals surface area (Å²) < 4.78 is 0. The molecule has 0 amide bonds. The summed E-state index contributed by atoms with van der Waals surface area (Å²) in [6.07, 6.45) is 8.78. The molecule has 1 spiro atoms. The fourth-order valence-electron chi connectivity index (χ4n) is 2.47. The molecular formula is C11H21N. The van der Waals surface area contributed by atoms with Crippen LogP contribution in [0.3, 0.4) is 0 Å². The van der Waals surface area contributed by atoms with E-state index in [4.69, 9.17) is 0 Å². The zero-order chi connectivity index (χ0) is 8.44. The van der Waals surface area contributed by atoms with Crippen LogP contribution in [-0.4, -0.2) is 24.5 Å². The van der Waals surface area contributed by atoms with Gasteiger partial charge in [0.1, 0.15) is 0 Å². The van der Waals surface area contributed by atoms with Crippen LogP contribution in [0.2, 0.25) is 0 Å². The molecule has 0 atom stereocenters. The van der Waals surface area contributed by atoms with Gasteiger partial charge >= 0.3 is 0 Å². The van der Waals surface area contributed by atoms with Crippen LogP contribution in [0, 0.1) is 5.41 Å². The van der Waals surface area contributed by atoms with Crippen molar-refractivity contribution in [3.05, 3.63) is 0 Å². The number of nitrogens with zero attached hydrogens (tertiary/aromatic N) is 1. The molecule has 0 aromatic rings. The van der Waals surface area contributed by atoms with Crippen molar-refractivity contribution in [1.29, 1.82) is 0 Å². The Morgan fingerprint density at radius 3 is 2.75 bits per heavy atom. The van der Waals surface area contributed by atoms with Gasteiger partial charge in [-0.05, 0) is 50.6 Å². The maximum atomic E-state index is 2.69. The molecule has 2 fully saturated rings. The minimum Gasteiger partial charge on any atom is -0.303 e. The summed E-state index contributed by atoms with van der Waals surface area (Å²) in [5.74, 6) is 0. The molecule has 1 saturated heterocycles. The first-order valence-corrected chi connectivity index (χ1v) is 5.57. The highest BCUT2D eigenvalue weighted by atomic mass is 15.1. The predicted octanol–water partition coefficient (Wildman–Crippen LogP) is 2.66. The van der Waals surface area contributed by atoms with E-state index in [0.29, 0.717) is 0 Å². The van der Waals surface area contributed by atoms with Gasteiger partial charge < -0.3 is 4.90 Å². The topological polar surface area (TPSA) is 3.24 Å². The summed E-state index contributed by atoms with van der Waals surface area (Å²) in [6, 6.07) is 0. The summed E-state index contributed by atoms with van der Waals surface area (Å²) in [5, 5.41) is 0. The number of hydrogen-bond donors (Lipinski definition) is 0. The molecule has 0 aromatic carbocycles.